The van der Waals surface area contributed by atoms with E-state index in [9.17, 15) is 19.1 Å². The van der Waals surface area contributed by atoms with E-state index in [1.807, 2.05) is 19.0 Å². The van der Waals surface area contributed by atoms with Gasteiger partial charge >= 0.3 is 0 Å². The second-order valence-electron chi connectivity index (χ2n) is 7.20. The van der Waals surface area contributed by atoms with Gasteiger partial charge in [0.15, 0.2) is 0 Å². The van der Waals surface area contributed by atoms with E-state index >= 15 is 0 Å². The van der Waals surface area contributed by atoms with Crippen LogP contribution in [0.1, 0.15) is 17.2 Å². The van der Waals surface area contributed by atoms with Crippen LogP contribution >= 0.6 is 11.6 Å². The van der Waals surface area contributed by atoms with Gasteiger partial charge < -0.3 is 19.6 Å². The third kappa shape index (κ3) is 4.17. The molecule has 0 radical (unpaired) electrons. The number of methoxy groups -OCH3 is 1. The Morgan fingerprint density at radius 3 is 2.57 bits per heavy atom. The summed E-state index contributed by atoms with van der Waals surface area (Å²) in [4.78, 5) is 28.9. The highest BCUT2D eigenvalue weighted by Gasteiger charge is 2.46. The second-order valence-corrected chi connectivity index (χ2v) is 7.61. The smallest absolute Gasteiger partial charge is 0.295 e. The Hall–Kier alpha value is -2.90. The number of hydrogen-bond acceptors (Lipinski definition) is 5. The molecule has 0 spiro atoms. The summed E-state index contributed by atoms with van der Waals surface area (Å²) in [6.45, 7) is 0.728. The van der Waals surface area contributed by atoms with Gasteiger partial charge in [-0.25, -0.2) is 4.39 Å². The lowest BCUT2D eigenvalue weighted by molar-refractivity contribution is -0.140. The number of amides is 1. The number of ether oxygens (including phenoxy) is 1. The van der Waals surface area contributed by atoms with E-state index in [1.54, 1.807) is 12.1 Å². The number of aliphatic hydroxyl groups is 1. The van der Waals surface area contributed by atoms with E-state index in [0.29, 0.717) is 17.9 Å². The van der Waals surface area contributed by atoms with Gasteiger partial charge in [-0.2, -0.15) is 0 Å². The number of carbonyl (C=O) groups is 2. The van der Waals surface area contributed by atoms with Crippen LogP contribution < -0.4 is 4.74 Å². The molecule has 0 unspecified atom stereocenters. The van der Waals surface area contributed by atoms with Crippen LogP contribution in [0.2, 0.25) is 5.02 Å². The molecular weight excluding hydrogens is 411 g/mol. The maximum Gasteiger partial charge on any atom is 0.295 e. The number of nitrogens with zero attached hydrogens (tertiary/aromatic N) is 2. The molecule has 2 aromatic carbocycles. The van der Waals surface area contributed by atoms with Gasteiger partial charge in [-0.1, -0.05) is 23.7 Å². The number of halogens is 2. The first-order valence-electron chi connectivity index (χ1n) is 9.27. The van der Waals surface area contributed by atoms with E-state index < -0.39 is 23.5 Å². The second kappa shape index (κ2) is 8.85. The molecule has 3 rings (SSSR count). The molecule has 0 saturated carbocycles. The molecule has 6 nitrogen and oxygen atoms in total. The van der Waals surface area contributed by atoms with Crippen LogP contribution in [0.25, 0.3) is 5.76 Å². The van der Waals surface area contributed by atoms with Crippen LogP contribution in [-0.4, -0.2) is 60.9 Å². The predicted molar refractivity (Wildman–Crippen MR) is 112 cm³/mol. The number of rotatable bonds is 6. The van der Waals surface area contributed by atoms with Crippen molar-refractivity contribution in [2.75, 3.05) is 34.3 Å². The Morgan fingerprint density at radius 1 is 1.23 bits per heavy atom. The van der Waals surface area contributed by atoms with Crippen LogP contribution in [0.4, 0.5) is 4.39 Å². The Labute approximate surface area is 179 Å². The number of benzene rings is 2. The van der Waals surface area contributed by atoms with Crippen molar-refractivity contribution in [2.24, 2.45) is 0 Å². The molecule has 1 atom stereocenters. The average molecular weight is 433 g/mol. The molecule has 1 aliphatic heterocycles. The van der Waals surface area contributed by atoms with Crippen molar-refractivity contribution in [1.82, 2.24) is 9.80 Å². The zero-order chi connectivity index (χ0) is 22.0. The minimum absolute atomic E-state index is 0.106. The lowest BCUT2D eigenvalue weighted by Gasteiger charge is -2.26. The Morgan fingerprint density at radius 2 is 1.97 bits per heavy atom. The number of Topliss-reactive ketones (excluding diaryl/α,β-unsaturated/α-hetero) is 1. The van der Waals surface area contributed by atoms with Crippen molar-refractivity contribution in [3.05, 3.63) is 70.0 Å². The van der Waals surface area contributed by atoms with E-state index in [-0.39, 0.29) is 28.5 Å². The summed E-state index contributed by atoms with van der Waals surface area (Å²) in [7, 11) is 5.14. The van der Waals surface area contributed by atoms with Crippen LogP contribution in [0.5, 0.6) is 5.75 Å². The molecule has 30 heavy (non-hydrogen) atoms. The maximum absolute atomic E-state index is 13.9. The Kier molecular flexibility index (Phi) is 6.43. The molecule has 1 saturated heterocycles. The van der Waals surface area contributed by atoms with Crippen LogP contribution in [-0.2, 0) is 9.59 Å². The van der Waals surface area contributed by atoms with Crippen molar-refractivity contribution < 1.29 is 23.8 Å². The number of carbonyl (C=O) groups excluding carboxylic acids is 2. The average Bonchev–Trinajstić information content (AvgIpc) is 2.96. The van der Waals surface area contributed by atoms with Gasteiger partial charge in [-0.15, -0.1) is 0 Å². The maximum atomic E-state index is 13.9. The fourth-order valence-corrected chi connectivity index (χ4v) is 3.67. The van der Waals surface area contributed by atoms with Gasteiger partial charge in [0.25, 0.3) is 11.7 Å². The van der Waals surface area contributed by atoms with Crippen LogP contribution in [0, 0.1) is 5.82 Å². The molecule has 1 heterocycles. The Balaban J connectivity index is 2.16. The first kappa shape index (κ1) is 21.8. The zero-order valence-electron chi connectivity index (χ0n) is 16.9. The number of likely N-dealkylation sites (N-methyl/N-ethyl adjacent to an activating group) is 1. The van der Waals surface area contributed by atoms with E-state index in [4.69, 9.17) is 16.3 Å². The molecule has 8 heteroatoms. The topological polar surface area (TPSA) is 70.1 Å². The minimum Gasteiger partial charge on any atom is -0.507 e. The number of ketones is 1. The fraction of sp³-hybridized carbons (Fsp3) is 0.273. The summed E-state index contributed by atoms with van der Waals surface area (Å²) < 4.78 is 19.1. The van der Waals surface area contributed by atoms with Crippen molar-refractivity contribution >= 4 is 29.1 Å². The monoisotopic (exact) mass is 432 g/mol. The quantitative estimate of drug-likeness (QED) is 0.430. The first-order chi connectivity index (χ1) is 14.2. The van der Waals surface area contributed by atoms with E-state index in [0.717, 1.165) is 0 Å². The van der Waals surface area contributed by atoms with Crippen LogP contribution in [0.15, 0.2) is 48.0 Å². The van der Waals surface area contributed by atoms with Gasteiger partial charge in [-0.05, 0) is 50.0 Å². The molecule has 1 N–H and O–H groups in total. The highest BCUT2D eigenvalue weighted by molar-refractivity contribution is 6.46. The predicted octanol–water partition coefficient (Wildman–Crippen LogP) is 3.47. The van der Waals surface area contributed by atoms with Gasteiger partial charge in [0.1, 0.15) is 17.3 Å². The standard InChI is InChI=1S/C22H22ClFN2O4/c1-25(2)9-10-26-19(13-5-4-6-15(24)11-13)18(21(28)22(26)29)20(27)14-7-8-17(30-3)16(23)12-14/h4-8,11-12,19,27H,9-10H2,1-3H3/t19-/m1/s1. The fourth-order valence-electron chi connectivity index (χ4n) is 3.41. The largest absolute Gasteiger partial charge is 0.507 e. The lowest BCUT2D eigenvalue weighted by atomic mass is 9.95. The molecule has 2 aromatic rings. The zero-order valence-corrected chi connectivity index (χ0v) is 17.6. The molecule has 158 valence electrons. The third-order valence-electron chi connectivity index (χ3n) is 4.92. The summed E-state index contributed by atoms with van der Waals surface area (Å²) in [5.74, 6) is -2.04. The molecule has 0 aromatic heterocycles. The number of hydrogen-bond donors (Lipinski definition) is 1. The summed E-state index contributed by atoms with van der Waals surface area (Å²) in [5.41, 5.74) is 0.549. The van der Waals surface area contributed by atoms with Gasteiger partial charge in [0.2, 0.25) is 0 Å². The first-order valence-corrected chi connectivity index (χ1v) is 9.65. The molecule has 1 amide bonds. The van der Waals surface area contributed by atoms with Gasteiger partial charge in [-0.3, -0.25) is 9.59 Å². The molecule has 1 aliphatic rings. The van der Waals surface area contributed by atoms with Crippen molar-refractivity contribution in [2.45, 2.75) is 6.04 Å². The minimum atomic E-state index is -0.915. The lowest BCUT2D eigenvalue weighted by Crippen LogP contribution is -2.35. The molecule has 0 aliphatic carbocycles. The van der Waals surface area contributed by atoms with E-state index in [1.165, 1.54) is 42.3 Å². The van der Waals surface area contributed by atoms with E-state index in [2.05, 4.69) is 0 Å². The SMILES string of the molecule is COc1ccc(C(O)=C2C(=O)C(=O)N(CCN(C)C)[C@@H]2c2cccc(F)c2)cc1Cl. The summed E-state index contributed by atoms with van der Waals surface area (Å²) in [5, 5.41) is 11.2. The molecule has 1 fully saturated rings. The summed E-state index contributed by atoms with van der Waals surface area (Å²) in [6, 6.07) is 9.28. The number of aliphatic hydroxyl groups excluding tert-OH is 1. The normalized spacial score (nSPS) is 18.3. The summed E-state index contributed by atoms with van der Waals surface area (Å²) in [6.07, 6.45) is 0. The highest BCUT2D eigenvalue weighted by atomic mass is 35.5. The Bertz CT molecular complexity index is 1020. The highest BCUT2D eigenvalue weighted by Crippen LogP contribution is 2.40. The third-order valence-corrected chi connectivity index (χ3v) is 5.21. The molecule has 0 bridgehead atoms. The van der Waals surface area contributed by atoms with Crippen molar-refractivity contribution in [1.29, 1.82) is 0 Å². The van der Waals surface area contributed by atoms with Crippen molar-refractivity contribution in [3.8, 4) is 5.75 Å². The van der Waals surface area contributed by atoms with Crippen molar-refractivity contribution in [3.63, 3.8) is 0 Å². The summed E-state index contributed by atoms with van der Waals surface area (Å²) >= 11 is 6.16. The van der Waals surface area contributed by atoms with Gasteiger partial charge in [0, 0.05) is 18.7 Å². The molecular formula is C22H22ClFN2O4. The number of likely N-dealkylation sites (tertiary alicyclic amines) is 1. The van der Waals surface area contributed by atoms with Crippen LogP contribution in [0.3, 0.4) is 0 Å². The van der Waals surface area contributed by atoms with Gasteiger partial charge in [0.05, 0.1) is 23.7 Å².